The summed E-state index contributed by atoms with van der Waals surface area (Å²) < 4.78 is 4.03. The van der Waals surface area contributed by atoms with E-state index < -0.39 is 0 Å². The molecule has 0 unspecified atom stereocenters. The molecule has 12 heavy (non-hydrogen) atoms. The lowest BCUT2D eigenvalue weighted by molar-refractivity contribution is -0.696. The Hall–Kier alpha value is -0.870. The molecule has 0 aromatic carbocycles. The van der Waals surface area contributed by atoms with Crippen molar-refractivity contribution in [2.75, 3.05) is 13.2 Å². The summed E-state index contributed by atoms with van der Waals surface area (Å²) in [5, 5.41) is 8.65. The molecule has 0 saturated heterocycles. The highest BCUT2D eigenvalue weighted by Gasteiger charge is 2.00. The van der Waals surface area contributed by atoms with E-state index in [1.54, 1.807) is 0 Å². The van der Waals surface area contributed by atoms with Crippen LogP contribution in [0.15, 0.2) is 18.7 Å². The van der Waals surface area contributed by atoms with Crippen molar-refractivity contribution >= 4 is 0 Å². The SMILES string of the molecule is NCCC[n+]1ccn(CCO)c1. The van der Waals surface area contributed by atoms with Crippen LogP contribution in [-0.4, -0.2) is 22.8 Å². The topological polar surface area (TPSA) is 55.1 Å². The van der Waals surface area contributed by atoms with Crippen molar-refractivity contribution in [3.8, 4) is 0 Å². The zero-order valence-corrected chi connectivity index (χ0v) is 7.19. The molecule has 0 aliphatic rings. The summed E-state index contributed by atoms with van der Waals surface area (Å²) in [6.45, 7) is 2.52. The first kappa shape index (κ1) is 9.22. The van der Waals surface area contributed by atoms with Crippen molar-refractivity contribution < 1.29 is 9.67 Å². The number of rotatable bonds is 5. The quantitative estimate of drug-likeness (QED) is 0.564. The van der Waals surface area contributed by atoms with Gasteiger partial charge in [-0.15, -0.1) is 0 Å². The van der Waals surface area contributed by atoms with Crippen LogP contribution in [-0.2, 0) is 13.1 Å². The first-order chi connectivity index (χ1) is 5.86. The van der Waals surface area contributed by atoms with Gasteiger partial charge in [-0.3, -0.25) is 0 Å². The van der Waals surface area contributed by atoms with Crippen molar-refractivity contribution in [3.63, 3.8) is 0 Å². The minimum Gasteiger partial charge on any atom is -0.392 e. The molecule has 0 aliphatic carbocycles. The average molecular weight is 170 g/mol. The standard InChI is InChI=1S/C8H16N3O/c9-2-1-3-10-4-5-11(8-10)6-7-12/h4-5,8,12H,1-3,6-7,9H2/q+1. The second-order valence-corrected chi connectivity index (χ2v) is 2.76. The lowest BCUT2D eigenvalue weighted by Gasteiger charge is -1.92. The number of aromatic nitrogens is 2. The van der Waals surface area contributed by atoms with E-state index in [0.29, 0.717) is 6.54 Å². The fourth-order valence-electron chi connectivity index (χ4n) is 1.09. The highest BCUT2D eigenvalue weighted by Crippen LogP contribution is 1.84. The second-order valence-electron chi connectivity index (χ2n) is 2.76. The zero-order chi connectivity index (χ0) is 8.81. The van der Waals surface area contributed by atoms with Gasteiger partial charge < -0.3 is 10.8 Å². The van der Waals surface area contributed by atoms with Gasteiger partial charge in [-0.25, -0.2) is 9.13 Å². The summed E-state index contributed by atoms with van der Waals surface area (Å²) in [6, 6.07) is 0. The molecule has 1 heterocycles. The fraction of sp³-hybridized carbons (Fsp3) is 0.625. The molecule has 1 aromatic rings. The van der Waals surface area contributed by atoms with Crippen molar-refractivity contribution in [1.29, 1.82) is 0 Å². The molecule has 1 aromatic heterocycles. The molecule has 1 rings (SSSR count). The summed E-state index contributed by atoms with van der Waals surface area (Å²) in [5.41, 5.74) is 5.38. The van der Waals surface area contributed by atoms with Crippen LogP contribution in [0.5, 0.6) is 0 Å². The third-order valence-corrected chi connectivity index (χ3v) is 1.72. The van der Waals surface area contributed by atoms with Gasteiger partial charge >= 0.3 is 0 Å². The van der Waals surface area contributed by atoms with Gasteiger partial charge in [0.25, 0.3) is 0 Å². The van der Waals surface area contributed by atoms with Crippen LogP contribution in [0.2, 0.25) is 0 Å². The molecule has 0 atom stereocenters. The molecule has 0 bridgehead atoms. The Kier molecular flexibility index (Phi) is 3.76. The summed E-state index contributed by atoms with van der Waals surface area (Å²) in [7, 11) is 0. The van der Waals surface area contributed by atoms with Gasteiger partial charge in [-0.2, -0.15) is 0 Å². The van der Waals surface area contributed by atoms with E-state index in [1.165, 1.54) is 0 Å². The highest BCUT2D eigenvalue weighted by molar-refractivity contribution is 4.65. The van der Waals surface area contributed by atoms with Gasteiger partial charge in [-0.05, 0) is 13.0 Å². The molecule has 4 nitrogen and oxygen atoms in total. The number of nitrogens with zero attached hydrogens (tertiary/aromatic N) is 2. The second kappa shape index (κ2) is 4.90. The van der Waals surface area contributed by atoms with Crippen LogP contribution in [0.3, 0.4) is 0 Å². The zero-order valence-electron chi connectivity index (χ0n) is 7.19. The van der Waals surface area contributed by atoms with E-state index in [0.717, 1.165) is 19.5 Å². The molecule has 0 fully saturated rings. The Labute approximate surface area is 72.2 Å². The minimum atomic E-state index is 0.186. The van der Waals surface area contributed by atoms with Crippen molar-refractivity contribution in [2.45, 2.75) is 19.5 Å². The van der Waals surface area contributed by atoms with Crippen molar-refractivity contribution in [3.05, 3.63) is 18.7 Å². The predicted octanol–water partition coefficient (Wildman–Crippen LogP) is -0.883. The van der Waals surface area contributed by atoms with Gasteiger partial charge in [-0.1, -0.05) is 0 Å². The molecular weight excluding hydrogens is 154 g/mol. The summed E-state index contributed by atoms with van der Waals surface area (Å²) in [6.07, 6.45) is 6.91. The summed E-state index contributed by atoms with van der Waals surface area (Å²) in [4.78, 5) is 0. The van der Waals surface area contributed by atoms with E-state index in [1.807, 2.05) is 23.3 Å². The van der Waals surface area contributed by atoms with E-state index in [4.69, 9.17) is 10.8 Å². The summed E-state index contributed by atoms with van der Waals surface area (Å²) in [5.74, 6) is 0. The van der Waals surface area contributed by atoms with Gasteiger partial charge in [0.05, 0.1) is 13.2 Å². The molecule has 0 spiro atoms. The van der Waals surface area contributed by atoms with Gasteiger partial charge in [0.1, 0.15) is 18.9 Å². The van der Waals surface area contributed by atoms with Gasteiger partial charge in [0.2, 0.25) is 6.33 Å². The Morgan fingerprint density at radius 3 is 3.00 bits per heavy atom. The van der Waals surface area contributed by atoms with E-state index in [-0.39, 0.29) is 6.61 Å². The summed E-state index contributed by atoms with van der Waals surface area (Å²) >= 11 is 0. The molecule has 3 N–H and O–H groups in total. The van der Waals surface area contributed by atoms with Crippen LogP contribution < -0.4 is 10.3 Å². The molecule has 0 amide bonds. The number of nitrogens with two attached hydrogens (primary N) is 1. The smallest absolute Gasteiger partial charge is 0.243 e. The van der Waals surface area contributed by atoms with Crippen LogP contribution in [0, 0.1) is 0 Å². The molecular formula is C8H16N3O+. The largest absolute Gasteiger partial charge is 0.392 e. The number of imidazole rings is 1. The van der Waals surface area contributed by atoms with Crippen LogP contribution in [0.4, 0.5) is 0 Å². The normalized spacial score (nSPS) is 10.5. The third kappa shape index (κ3) is 2.64. The first-order valence-corrected chi connectivity index (χ1v) is 4.22. The van der Waals surface area contributed by atoms with Gasteiger partial charge in [0.15, 0.2) is 0 Å². The monoisotopic (exact) mass is 170 g/mol. The lowest BCUT2D eigenvalue weighted by Crippen LogP contribution is -2.32. The highest BCUT2D eigenvalue weighted by atomic mass is 16.3. The van der Waals surface area contributed by atoms with E-state index >= 15 is 0 Å². The first-order valence-electron chi connectivity index (χ1n) is 4.22. The average Bonchev–Trinajstić information content (AvgIpc) is 2.50. The maximum absolute atomic E-state index is 8.65. The molecule has 0 aliphatic heterocycles. The van der Waals surface area contributed by atoms with Crippen LogP contribution in [0.25, 0.3) is 0 Å². The van der Waals surface area contributed by atoms with Gasteiger partial charge in [0, 0.05) is 0 Å². The van der Waals surface area contributed by atoms with E-state index in [2.05, 4.69) is 4.57 Å². The number of hydrogen-bond donors (Lipinski definition) is 2. The molecule has 68 valence electrons. The Morgan fingerprint density at radius 2 is 2.33 bits per heavy atom. The van der Waals surface area contributed by atoms with Crippen LogP contribution >= 0.6 is 0 Å². The molecule has 0 radical (unpaired) electrons. The van der Waals surface area contributed by atoms with Crippen molar-refractivity contribution in [2.24, 2.45) is 5.73 Å². The maximum atomic E-state index is 8.65. The minimum absolute atomic E-state index is 0.186. The number of hydrogen-bond acceptors (Lipinski definition) is 2. The third-order valence-electron chi connectivity index (χ3n) is 1.72. The lowest BCUT2D eigenvalue weighted by atomic mass is 10.4. The van der Waals surface area contributed by atoms with Crippen molar-refractivity contribution in [1.82, 2.24) is 4.57 Å². The number of aliphatic hydroxyl groups is 1. The van der Waals surface area contributed by atoms with E-state index in [9.17, 15) is 0 Å². The fourth-order valence-corrected chi connectivity index (χ4v) is 1.09. The Morgan fingerprint density at radius 1 is 1.50 bits per heavy atom. The van der Waals surface area contributed by atoms with Crippen LogP contribution in [0.1, 0.15) is 6.42 Å². The Bertz CT molecular complexity index is 222. The molecule has 4 heteroatoms. The number of aliphatic hydroxyl groups excluding tert-OH is 1. The maximum Gasteiger partial charge on any atom is 0.243 e. The molecule has 0 saturated carbocycles. The Balaban J connectivity index is 2.41. The number of aryl methyl sites for hydroxylation is 1. The predicted molar refractivity (Wildman–Crippen MR) is 45.4 cm³/mol.